The highest BCUT2D eigenvalue weighted by Gasteiger charge is 2.02. The van der Waals surface area contributed by atoms with Crippen LogP contribution in [0.25, 0.3) is 0 Å². The van der Waals surface area contributed by atoms with Gasteiger partial charge < -0.3 is 10.1 Å². The third-order valence-electron chi connectivity index (χ3n) is 2.92. The zero-order valence-corrected chi connectivity index (χ0v) is 13.9. The van der Waals surface area contributed by atoms with Gasteiger partial charge >= 0.3 is 0 Å². The van der Waals surface area contributed by atoms with Crippen LogP contribution in [0.2, 0.25) is 0 Å². The van der Waals surface area contributed by atoms with Crippen molar-refractivity contribution in [3.63, 3.8) is 0 Å². The number of unbranched alkanes of at least 4 members (excludes halogenated alkanes) is 1. The molecule has 0 fully saturated rings. The first-order valence-corrected chi connectivity index (χ1v) is 8.04. The van der Waals surface area contributed by atoms with E-state index in [4.69, 9.17) is 4.74 Å². The van der Waals surface area contributed by atoms with Crippen molar-refractivity contribution in [1.82, 2.24) is 5.32 Å². The number of benzene rings is 1. The number of rotatable bonds is 9. The van der Waals surface area contributed by atoms with E-state index < -0.39 is 0 Å². The first-order chi connectivity index (χ1) is 9.13. The van der Waals surface area contributed by atoms with Gasteiger partial charge in [-0.25, -0.2) is 0 Å². The molecule has 0 heterocycles. The van der Waals surface area contributed by atoms with Crippen LogP contribution in [0.1, 0.15) is 39.2 Å². The van der Waals surface area contributed by atoms with E-state index in [2.05, 4.69) is 53.3 Å². The zero-order chi connectivity index (χ0) is 14.1. The molecule has 0 aliphatic carbocycles. The number of ether oxygens (including phenoxy) is 1. The minimum atomic E-state index is 0.708. The molecule has 3 heteroatoms. The Balaban J connectivity index is 2.24. The minimum absolute atomic E-state index is 0.708. The monoisotopic (exact) mass is 327 g/mol. The predicted octanol–water partition coefficient (Wildman–Crippen LogP) is 4.42. The first-order valence-electron chi connectivity index (χ1n) is 7.25. The molecular formula is C16H26BrNO. The van der Waals surface area contributed by atoms with Gasteiger partial charge in [0.1, 0.15) is 5.75 Å². The van der Waals surface area contributed by atoms with Gasteiger partial charge in [0.05, 0.1) is 11.1 Å². The third kappa shape index (κ3) is 6.98. The molecule has 19 heavy (non-hydrogen) atoms. The smallest absolute Gasteiger partial charge is 0.133 e. The van der Waals surface area contributed by atoms with Gasteiger partial charge in [0.15, 0.2) is 0 Å². The molecule has 0 aliphatic heterocycles. The first kappa shape index (κ1) is 16.5. The highest BCUT2D eigenvalue weighted by atomic mass is 79.9. The summed E-state index contributed by atoms with van der Waals surface area (Å²) >= 11 is 3.56. The Hall–Kier alpha value is -0.540. The van der Waals surface area contributed by atoms with Crippen LogP contribution in [0.3, 0.4) is 0 Å². The van der Waals surface area contributed by atoms with Crippen LogP contribution < -0.4 is 10.1 Å². The van der Waals surface area contributed by atoms with Crippen LogP contribution in [-0.2, 0) is 6.42 Å². The zero-order valence-electron chi connectivity index (χ0n) is 12.3. The summed E-state index contributed by atoms with van der Waals surface area (Å²) in [5.74, 6) is 1.67. The number of nitrogens with one attached hydrogen (secondary N) is 1. The Morgan fingerprint density at radius 3 is 2.68 bits per heavy atom. The van der Waals surface area contributed by atoms with E-state index in [1.807, 2.05) is 6.92 Å². The maximum atomic E-state index is 5.51. The van der Waals surface area contributed by atoms with E-state index in [1.165, 1.54) is 18.4 Å². The van der Waals surface area contributed by atoms with Gasteiger partial charge in [0.2, 0.25) is 0 Å². The number of halogens is 1. The molecule has 0 saturated heterocycles. The molecule has 0 amide bonds. The average Bonchev–Trinajstić information content (AvgIpc) is 2.36. The van der Waals surface area contributed by atoms with E-state index in [1.54, 1.807) is 0 Å². The fraction of sp³-hybridized carbons (Fsp3) is 0.625. The molecular weight excluding hydrogens is 302 g/mol. The molecule has 1 aromatic rings. The maximum Gasteiger partial charge on any atom is 0.133 e. The molecule has 0 aliphatic rings. The minimum Gasteiger partial charge on any atom is -0.493 e. The van der Waals surface area contributed by atoms with Crippen LogP contribution in [0.4, 0.5) is 0 Å². The van der Waals surface area contributed by atoms with Crippen LogP contribution in [-0.4, -0.2) is 19.7 Å². The fourth-order valence-electron chi connectivity index (χ4n) is 1.94. The van der Waals surface area contributed by atoms with Crippen molar-refractivity contribution in [3.8, 4) is 5.75 Å². The molecule has 1 rings (SSSR count). The molecule has 0 radical (unpaired) electrons. The van der Waals surface area contributed by atoms with Gasteiger partial charge in [-0.2, -0.15) is 0 Å². The van der Waals surface area contributed by atoms with E-state index in [0.29, 0.717) is 6.61 Å². The van der Waals surface area contributed by atoms with Gasteiger partial charge in [-0.05, 0) is 78.8 Å². The van der Waals surface area contributed by atoms with E-state index in [-0.39, 0.29) is 0 Å². The molecule has 0 spiro atoms. The number of hydrogen-bond donors (Lipinski definition) is 1. The average molecular weight is 328 g/mol. The summed E-state index contributed by atoms with van der Waals surface area (Å²) in [6.45, 7) is 9.43. The van der Waals surface area contributed by atoms with Crippen molar-refractivity contribution < 1.29 is 4.74 Å². The van der Waals surface area contributed by atoms with Gasteiger partial charge in [-0.15, -0.1) is 0 Å². The second-order valence-corrected chi connectivity index (χ2v) is 6.11. The summed E-state index contributed by atoms with van der Waals surface area (Å²) in [5.41, 5.74) is 1.37. The van der Waals surface area contributed by atoms with Gasteiger partial charge in [-0.1, -0.05) is 19.9 Å². The Labute approximate surface area is 126 Å². The lowest BCUT2D eigenvalue weighted by Crippen LogP contribution is -2.20. The summed E-state index contributed by atoms with van der Waals surface area (Å²) in [6, 6.07) is 6.39. The van der Waals surface area contributed by atoms with Gasteiger partial charge in [0.25, 0.3) is 0 Å². The topological polar surface area (TPSA) is 21.3 Å². The maximum absolute atomic E-state index is 5.51. The van der Waals surface area contributed by atoms with Crippen LogP contribution in [0, 0.1) is 5.92 Å². The Kier molecular flexibility index (Phi) is 8.15. The Morgan fingerprint density at radius 2 is 2.05 bits per heavy atom. The van der Waals surface area contributed by atoms with Crippen LogP contribution in [0.15, 0.2) is 22.7 Å². The Morgan fingerprint density at radius 1 is 1.26 bits per heavy atom. The molecule has 0 bridgehead atoms. The van der Waals surface area contributed by atoms with E-state index in [9.17, 15) is 0 Å². The highest BCUT2D eigenvalue weighted by Crippen LogP contribution is 2.26. The van der Waals surface area contributed by atoms with Crippen molar-refractivity contribution in [2.24, 2.45) is 5.92 Å². The molecule has 0 unspecified atom stereocenters. The van der Waals surface area contributed by atoms with Gasteiger partial charge in [-0.3, -0.25) is 0 Å². The largest absolute Gasteiger partial charge is 0.493 e. The van der Waals surface area contributed by atoms with Crippen molar-refractivity contribution in [2.45, 2.75) is 40.0 Å². The lowest BCUT2D eigenvalue weighted by atomic mass is 10.1. The second kappa shape index (κ2) is 9.38. The molecule has 0 atom stereocenters. The lowest BCUT2D eigenvalue weighted by Gasteiger charge is -2.09. The summed E-state index contributed by atoms with van der Waals surface area (Å²) in [4.78, 5) is 0. The van der Waals surface area contributed by atoms with Crippen molar-refractivity contribution in [1.29, 1.82) is 0 Å². The lowest BCUT2D eigenvalue weighted by molar-refractivity contribution is 0.338. The quantitative estimate of drug-likeness (QED) is 0.678. The Bertz CT molecular complexity index is 366. The second-order valence-electron chi connectivity index (χ2n) is 5.25. The third-order valence-corrected chi connectivity index (χ3v) is 3.54. The summed E-state index contributed by atoms with van der Waals surface area (Å²) in [7, 11) is 0. The SMILES string of the molecule is CCOc1ccc(CCCCNCC(C)C)cc1Br. The molecule has 0 saturated carbocycles. The van der Waals surface area contributed by atoms with Crippen molar-refractivity contribution >= 4 is 15.9 Å². The number of hydrogen-bond acceptors (Lipinski definition) is 2. The highest BCUT2D eigenvalue weighted by molar-refractivity contribution is 9.10. The normalized spacial score (nSPS) is 11.0. The summed E-state index contributed by atoms with van der Waals surface area (Å²) in [6.07, 6.45) is 3.59. The summed E-state index contributed by atoms with van der Waals surface area (Å²) in [5, 5.41) is 3.48. The fourth-order valence-corrected chi connectivity index (χ4v) is 2.48. The molecule has 2 nitrogen and oxygen atoms in total. The van der Waals surface area contributed by atoms with Crippen molar-refractivity contribution in [3.05, 3.63) is 28.2 Å². The van der Waals surface area contributed by atoms with Crippen molar-refractivity contribution in [2.75, 3.05) is 19.7 Å². The molecule has 1 N–H and O–H groups in total. The van der Waals surface area contributed by atoms with E-state index >= 15 is 0 Å². The van der Waals surface area contributed by atoms with Gasteiger partial charge in [0, 0.05) is 0 Å². The number of aryl methyl sites for hydroxylation is 1. The summed E-state index contributed by atoms with van der Waals surface area (Å²) < 4.78 is 6.57. The molecule has 1 aromatic carbocycles. The van der Waals surface area contributed by atoms with Crippen LogP contribution >= 0.6 is 15.9 Å². The standard InChI is InChI=1S/C16H26BrNO/c1-4-19-16-9-8-14(11-15(16)17)7-5-6-10-18-12-13(2)3/h8-9,11,13,18H,4-7,10,12H2,1-3H3. The predicted molar refractivity (Wildman–Crippen MR) is 86.0 cm³/mol. The molecule has 0 aromatic heterocycles. The molecule has 108 valence electrons. The van der Waals surface area contributed by atoms with E-state index in [0.717, 1.165) is 35.7 Å². The van der Waals surface area contributed by atoms with Crippen LogP contribution in [0.5, 0.6) is 5.75 Å².